The number of rotatable bonds is 5. The molecule has 0 unspecified atom stereocenters. The molecule has 18 heavy (non-hydrogen) atoms. The second kappa shape index (κ2) is 5.69. The Labute approximate surface area is 112 Å². The van der Waals surface area contributed by atoms with Crippen molar-refractivity contribution in [3.8, 4) is 0 Å². The fourth-order valence-electron chi connectivity index (χ4n) is 2.25. The van der Waals surface area contributed by atoms with Crippen molar-refractivity contribution in [3.05, 3.63) is 21.9 Å². The molecule has 4 nitrogen and oxygen atoms in total. The summed E-state index contributed by atoms with van der Waals surface area (Å²) in [6, 6.07) is 1.97. The summed E-state index contributed by atoms with van der Waals surface area (Å²) in [6.07, 6.45) is 2.71. The highest BCUT2D eigenvalue weighted by molar-refractivity contribution is 7.89. The van der Waals surface area contributed by atoms with Gasteiger partial charge in [0.05, 0.1) is 11.9 Å². The van der Waals surface area contributed by atoms with E-state index in [1.807, 2.05) is 11.4 Å². The molecule has 0 spiro atoms. The molecular weight excluding hydrogens is 270 g/mol. The topological polar surface area (TPSA) is 55.4 Å². The maximum atomic E-state index is 12.0. The first kappa shape index (κ1) is 14.0. The summed E-state index contributed by atoms with van der Waals surface area (Å²) in [7, 11) is -1.76. The Balaban J connectivity index is 2.07. The van der Waals surface area contributed by atoms with Crippen molar-refractivity contribution < 1.29 is 13.2 Å². The highest BCUT2D eigenvalue weighted by Gasteiger charge is 2.26. The van der Waals surface area contributed by atoms with Crippen LogP contribution in [0.25, 0.3) is 0 Å². The summed E-state index contributed by atoms with van der Waals surface area (Å²) in [5.74, 6) is 0.0134. The molecule has 0 amide bonds. The van der Waals surface area contributed by atoms with E-state index < -0.39 is 10.0 Å². The Morgan fingerprint density at radius 2 is 2.39 bits per heavy atom. The molecule has 2 atom stereocenters. The molecule has 1 aliphatic carbocycles. The molecule has 0 saturated carbocycles. The summed E-state index contributed by atoms with van der Waals surface area (Å²) in [6.45, 7) is 1.76. The smallest absolute Gasteiger partial charge is 0.214 e. The lowest BCUT2D eigenvalue weighted by Gasteiger charge is -2.24. The molecule has 0 aliphatic heterocycles. The van der Waals surface area contributed by atoms with Crippen molar-refractivity contribution in [2.45, 2.75) is 38.3 Å². The average Bonchev–Trinajstić information content (AvgIpc) is 2.77. The molecular formula is C12H19NO3S2. The zero-order chi connectivity index (χ0) is 13.2. The first-order valence-electron chi connectivity index (χ1n) is 6.11. The van der Waals surface area contributed by atoms with Crippen LogP contribution in [0.4, 0.5) is 0 Å². The Morgan fingerprint density at radius 1 is 1.61 bits per heavy atom. The Morgan fingerprint density at radius 3 is 3.11 bits per heavy atom. The van der Waals surface area contributed by atoms with Gasteiger partial charge in [0.15, 0.2) is 0 Å². The molecule has 1 N–H and O–H groups in total. The van der Waals surface area contributed by atoms with E-state index in [-0.39, 0.29) is 17.9 Å². The van der Waals surface area contributed by atoms with Gasteiger partial charge in [-0.15, -0.1) is 11.3 Å². The van der Waals surface area contributed by atoms with Crippen LogP contribution in [0.1, 0.15) is 36.2 Å². The van der Waals surface area contributed by atoms with Gasteiger partial charge in [-0.2, -0.15) is 0 Å². The third-order valence-electron chi connectivity index (χ3n) is 3.23. The molecule has 1 aromatic heterocycles. The van der Waals surface area contributed by atoms with Crippen molar-refractivity contribution in [1.82, 2.24) is 4.72 Å². The highest BCUT2D eigenvalue weighted by atomic mass is 32.2. The van der Waals surface area contributed by atoms with Gasteiger partial charge >= 0.3 is 0 Å². The van der Waals surface area contributed by atoms with Crippen LogP contribution in [0.3, 0.4) is 0 Å². The predicted molar refractivity (Wildman–Crippen MR) is 73.4 cm³/mol. The van der Waals surface area contributed by atoms with Crippen molar-refractivity contribution in [3.63, 3.8) is 0 Å². The van der Waals surface area contributed by atoms with E-state index in [0.717, 1.165) is 24.8 Å². The zero-order valence-corrected chi connectivity index (χ0v) is 12.3. The molecule has 0 bridgehead atoms. The molecule has 0 fully saturated rings. The lowest BCUT2D eigenvalue weighted by molar-refractivity contribution is 0.136. The van der Waals surface area contributed by atoms with E-state index in [1.165, 1.54) is 12.0 Å². The van der Waals surface area contributed by atoms with Crippen LogP contribution in [0.15, 0.2) is 11.4 Å². The Kier molecular flexibility index (Phi) is 4.42. The second-order valence-electron chi connectivity index (χ2n) is 4.69. The van der Waals surface area contributed by atoms with Gasteiger partial charge in [-0.1, -0.05) is 0 Å². The number of aryl methyl sites for hydroxylation is 1. The van der Waals surface area contributed by atoms with Gasteiger partial charge in [0.1, 0.15) is 0 Å². The van der Waals surface area contributed by atoms with E-state index in [4.69, 9.17) is 4.74 Å². The number of sulfonamides is 1. The number of thiophene rings is 1. The van der Waals surface area contributed by atoms with Crippen molar-refractivity contribution in [2.24, 2.45) is 0 Å². The molecule has 1 aromatic rings. The lowest BCUT2D eigenvalue weighted by atomic mass is 9.95. The molecule has 1 heterocycles. The van der Waals surface area contributed by atoms with Gasteiger partial charge in [0.2, 0.25) is 10.0 Å². The van der Waals surface area contributed by atoms with Gasteiger partial charge in [0.25, 0.3) is 0 Å². The molecule has 0 radical (unpaired) electrons. The Hall–Kier alpha value is -0.430. The maximum Gasteiger partial charge on any atom is 0.214 e. The fourth-order valence-corrected chi connectivity index (χ4v) is 4.77. The quantitative estimate of drug-likeness (QED) is 0.903. The summed E-state index contributed by atoms with van der Waals surface area (Å²) in [5.41, 5.74) is 1.15. The summed E-state index contributed by atoms with van der Waals surface area (Å²) < 4.78 is 31.8. The van der Waals surface area contributed by atoms with E-state index >= 15 is 0 Å². The average molecular weight is 289 g/mol. The number of ether oxygens (including phenoxy) is 1. The molecule has 6 heteroatoms. The number of nitrogens with one attached hydrogen (secondary N) is 1. The van der Waals surface area contributed by atoms with Crippen molar-refractivity contribution in [2.75, 3.05) is 12.9 Å². The molecule has 1 aliphatic rings. The minimum Gasteiger partial charge on any atom is -0.381 e. The monoisotopic (exact) mass is 289 g/mol. The number of fused-ring (bicyclic) bond motifs is 1. The van der Waals surface area contributed by atoms with Gasteiger partial charge in [0, 0.05) is 18.0 Å². The van der Waals surface area contributed by atoms with E-state index in [9.17, 15) is 8.42 Å². The second-order valence-corrected chi connectivity index (χ2v) is 7.49. The summed E-state index contributed by atoms with van der Waals surface area (Å²) in [5, 5.41) is 2.04. The van der Waals surface area contributed by atoms with Crippen LogP contribution in [-0.2, 0) is 21.2 Å². The Bertz CT molecular complexity index is 495. The minimum absolute atomic E-state index is 0.0134. The van der Waals surface area contributed by atoms with Crippen LogP contribution in [-0.4, -0.2) is 27.4 Å². The maximum absolute atomic E-state index is 12.0. The minimum atomic E-state index is -3.28. The highest BCUT2D eigenvalue weighted by Crippen LogP contribution is 2.33. The lowest BCUT2D eigenvalue weighted by Crippen LogP contribution is -2.35. The zero-order valence-electron chi connectivity index (χ0n) is 10.7. The van der Waals surface area contributed by atoms with Gasteiger partial charge < -0.3 is 4.74 Å². The SMILES string of the molecule is CO[C@@H](C)CS(=O)(=O)N[C@H]1CCCc2sccc21. The van der Waals surface area contributed by atoms with Crippen LogP contribution < -0.4 is 4.72 Å². The fraction of sp³-hybridized carbons (Fsp3) is 0.667. The van der Waals surface area contributed by atoms with Crippen molar-refractivity contribution >= 4 is 21.4 Å². The first-order valence-corrected chi connectivity index (χ1v) is 8.64. The first-order chi connectivity index (χ1) is 8.52. The van der Waals surface area contributed by atoms with Crippen LogP contribution in [0.2, 0.25) is 0 Å². The van der Waals surface area contributed by atoms with E-state index in [0.29, 0.717) is 0 Å². The number of hydrogen-bond acceptors (Lipinski definition) is 4. The van der Waals surface area contributed by atoms with Gasteiger partial charge in [-0.3, -0.25) is 0 Å². The third kappa shape index (κ3) is 3.32. The number of hydrogen-bond donors (Lipinski definition) is 1. The van der Waals surface area contributed by atoms with E-state index in [1.54, 1.807) is 18.3 Å². The largest absolute Gasteiger partial charge is 0.381 e. The third-order valence-corrected chi connectivity index (χ3v) is 5.78. The standard InChI is InChI=1S/C12H19NO3S2/c1-9(16-2)8-18(14,15)13-11-4-3-5-12-10(11)6-7-17-12/h6-7,9,11,13H,3-5,8H2,1-2H3/t9-,11-/m0/s1. The summed E-state index contributed by atoms with van der Waals surface area (Å²) >= 11 is 1.71. The van der Waals surface area contributed by atoms with Gasteiger partial charge in [-0.05, 0) is 43.2 Å². The molecule has 2 rings (SSSR count). The van der Waals surface area contributed by atoms with Crippen molar-refractivity contribution in [1.29, 1.82) is 0 Å². The molecule has 0 aromatic carbocycles. The van der Waals surface area contributed by atoms with Crippen LogP contribution in [0.5, 0.6) is 0 Å². The van der Waals surface area contributed by atoms with Crippen LogP contribution in [0, 0.1) is 0 Å². The number of methoxy groups -OCH3 is 1. The predicted octanol–water partition coefficient (Wildman–Crippen LogP) is 2.08. The molecule has 0 saturated heterocycles. The van der Waals surface area contributed by atoms with Crippen LogP contribution >= 0.6 is 11.3 Å². The molecule has 102 valence electrons. The summed E-state index contributed by atoms with van der Waals surface area (Å²) in [4.78, 5) is 1.31. The van der Waals surface area contributed by atoms with Gasteiger partial charge in [-0.25, -0.2) is 13.1 Å². The van der Waals surface area contributed by atoms with E-state index in [2.05, 4.69) is 4.72 Å². The normalized spacial score (nSPS) is 21.6.